The molecule has 0 radical (unpaired) electrons. The second-order valence-corrected chi connectivity index (χ2v) is 3.90. The minimum absolute atomic E-state index is 0.331. The number of aromatic nitrogens is 1. The van der Waals surface area contributed by atoms with Crippen molar-refractivity contribution in [3.05, 3.63) is 53.7 Å². The Morgan fingerprint density at radius 3 is 2.79 bits per heavy atom. The minimum atomic E-state index is 0.331. The van der Waals surface area contributed by atoms with Crippen molar-refractivity contribution in [2.75, 3.05) is 0 Å². The molecular weight excluding hydrogens is 240 g/mol. The Morgan fingerprint density at radius 2 is 2.11 bits per heavy atom. The van der Waals surface area contributed by atoms with Gasteiger partial charge in [-0.2, -0.15) is 0 Å². The lowest BCUT2D eigenvalue weighted by molar-refractivity contribution is 0.288. The van der Waals surface area contributed by atoms with Crippen LogP contribution < -0.4 is 9.47 Å². The molecular formula is C15H14N2O2. The molecule has 4 nitrogen and oxygen atoms in total. The predicted molar refractivity (Wildman–Crippen MR) is 70.6 cm³/mol. The van der Waals surface area contributed by atoms with Gasteiger partial charge in [0.05, 0.1) is 0 Å². The molecule has 0 saturated carbocycles. The van der Waals surface area contributed by atoms with Crippen LogP contribution in [0.25, 0.3) is 0 Å². The van der Waals surface area contributed by atoms with E-state index in [0.717, 1.165) is 17.5 Å². The molecule has 4 heteroatoms. The third kappa shape index (κ3) is 3.23. The highest BCUT2D eigenvalue weighted by atomic mass is 16.5. The molecule has 1 heterocycles. The molecule has 0 saturated heterocycles. The Bertz CT molecular complexity index is 576. The Balaban J connectivity index is 2.20. The number of benzene rings is 1. The predicted octanol–water partition coefficient (Wildman–Crippen LogP) is 3.08. The van der Waals surface area contributed by atoms with Gasteiger partial charge in [0.2, 0.25) is 5.88 Å². The SMILES string of the molecule is CCc1cccc(OC#N)c1COc1ccccn1. The fourth-order valence-corrected chi connectivity index (χ4v) is 1.83. The second-order valence-electron chi connectivity index (χ2n) is 3.90. The van der Waals surface area contributed by atoms with Gasteiger partial charge in [0, 0.05) is 17.8 Å². The van der Waals surface area contributed by atoms with Gasteiger partial charge in [0.25, 0.3) is 6.26 Å². The van der Waals surface area contributed by atoms with E-state index in [4.69, 9.17) is 14.7 Å². The van der Waals surface area contributed by atoms with E-state index >= 15 is 0 Å². The molecule has 0 aliphatic carbocycles. The van der Waals surface area contributed by atoms with E-state index in [1.54, 1.807) is 24.6 Å². The maximum atomic E-state index is 8.67. The van der Waals surface area contributed by atoms with Crippen molar-refractivity contribution in [1.29, 1.82) is 5.26 Å². The quantitative estimate of drug-likeness (QED) is 0.769. The van der Waals surface area contributed by atoms with E-state index in [1.165, 1.54) is 0 Å². The molecule has 0 aliphatic heterocycles. The largest absolute Gasteiger partial charge is 0.473 e. The molecule has 0 spiro atoms. The van der Waals surface area contributed by atoms with E-state index < -0.39 is 0 Å². The van der Waals surface area contributed by atoms with E-state index in [0.29, 0.717) is 18.2 Å². The Hall–Kier alpha value is -2.54. The number of aryl methyl sites for hydroxylation is 1. The number of hydrogen-bond donors (Lipinski definition) is 0. The van der Waals surface area contributed by atoms with E-state index in [1.807, 2.05) is 24.3 Å². The molecule has 1 aromatic heterocycles. The van der Waals surface area contributed by atoms with Gasteiger partial charge in [-0.3, -0.25) is 0 Å². The number of nitriles is 1. The van der Waals surface area contributed by atoms with Gasteiger partial charge in [-0.05, 0) is 24.1 Å². The first kappa shape index (κ1) is 12.9. The summed E-state index contributed by atoms with van der Waals surface area (Å²) in [6.45, 7) is 2.38. The Kier molecular flexibility index (Phi) is 4.35. The van der Waals surface area contributed by atoms with Gasteiger partial charge in [-0.1, -0.05) is 25.1 Å². The lowest BCUT2D eigenvalue weighted by Crippen LogP contribution is -2.03. The van der Waals surface area contributed by atoms with Gasteiger partial charge in [-0.15, -0.1) is 5.26 Å². The van der Waals surface area contributed by atoms with Crippen molar-refractivity contribution < 1.29 is 9.47 Å². The zero-order valence-electron chi connectivity index (χ0n) is 10.7. The van der Waals surface area contributed by atoms with Crippen LogP contribution in [0, 0.1) is 11.5 Å². The van der Waals surface area contributed by atoms with Crippen molar-refractivity contribution in [2.24, 2.45) is 0 Å². The Morgan fingerprint density at radius 1 is 1.21 bits per heavy atom. The molecule has 2 rings (SSSR count). The molecule has 0 N–H and O–H groups in total. The number of pyridine rings is 1. The lowest BCUT2D eigenvalue weighted by Gasteiger charge is -2.12. The number of hydrogen-bond acceptors (Lipinski definition) is 4. The van der Waals surface area contributed by atoms with Gasteiger partial charge in [0.15, 0.2) is 0 Å². The highest BCUT2D eigenvalue weighted by Gasteiger charge is 2.10. The molecule has 0 unspecified atom stereocenters. The highest BCUT2D eigenvalue weighted by molar-refractivity contribution is 5.40. The van der Waals surface area contributed by atoms with Gasteiger partial charge in [0.1, 0.15) is 12.4 Å². The zero-order chi connectivity index (χ0) is 13.5. The van der Waals surface area contributed by atoms with Crippen LogP contribution in [0.4, 0.5) is 0 Å². The summed E-state index contributed by atoms with van der Waals surface area (Å²) in [5, 5.41) is 8.67. The monoisotopic (exact) mass is 254 g/mol. The van der Waals surface area contributed by atoms with Crippen molar-refractivity contribution in [2.45, 2.75) is 20.0 Å². The minimum Gasteiger partial charge on any atom is -0.473 e. The van der Waals surface area contributed by atoms with Crippen LogP contribution in [0.2, 0.25) is 0 Å². The smallest absolute Gasteiger partial charge is 0.292 e. The number of rotatable bonds is 5. The summed E-state index contributed by atoms with van der Waals surface area (Å²) in [4.78, 5) is 4.10. The van der Waals surface area contributed by atoms with Crippen LogP contribution in [0.3, 0.4) is 0 Å². The van der Waals surface area contributed by atoms with Gasteiger partial charge >= 0.3 is 0 Å². The molecule has 0 fully saturated rings. The van der Waals surface area contributed by atoms with Crippen LogP contribution in [-0.4, -0.2) is 4.98 Å². The first-order valence-corrected chi connectivity index (χ1v) is 6.05. The summed E-state index contributed by atoms with van der Waals surface area (Å²) in [7, 11) is 0. The lowest BCUT2D eigenvalue weighted by atomic mass is 10.0. The normalized spacial score (nSPS) is 9.68. The first-order chi connectivity index (χ1) is 9.35. The molecule has 0 atom stereocenters. The van der Waals surface area contributed by atoms with E-state index in [2.05, 4.69) is 11.9 Å². The van der Waals surface area contributed by atoms with Gasteiger partial charge < -0.3 is 9.47 Å². The van der Waals surface area contributed by atoms with Crippen LogP contribution in [0.1, 0.15) is 18.1 Å². The third-order valence-corrected chi connectivity index (χ3v) is 2.77. The van der Waals surface area contributed by atoms with E-state index in [9.17, 15) is 0 Å². The summed E-state index contributed by atoms with van der Waals surface area (Å²) >= 11 is 0. The fraction of sp³-hybridized carbons (Fsp3) is 0.200. The van der Waals surface area contributed by atoms with Crippen molar-refractivity contribution in [3.8, 4) is 17.9 Å². The number of ether oxygens (including phenoxy) is 2. The summed E-state index contributed by atoms with van der Waals surface area (Å²) in [5.41, 5.74) is 1.99. The fourth-order valence-electron chi connectivity index (χ4n) is 1.83. The third-order valence-electron chi connectivity index (χ3n) is 2.77. The Labute approximate surface area is 112 Å². The molecule has 1 aromatic carbocycles. The van der Waals surface area contributed by atoms with Crippen LogP contribution in [0.15, 0.2) is 42.6 Å². The maximum Gasteiger partial charge on any atom is 0.292 e. The zero-order valence-corrected chi connectivity index (χ0v) is 10.7. The summed E-state index contributed by atoms with van der Waals surface area (Å²) < 4.78 is 10.6. The highest BCUT2D eigenvalue weighted by Crippen LogP contribution is 2.24. The maximum absolute atomic E-state index is 8.67. The summed E-state index contributed by atoms with van der Waals surface area (Å²) in [6.07, 6.45) is 4.23. The van der Waals surface area contributed by atoms with Crippen LogP contribution in [0.5, 0.6) is 11.6 Å². The van der Waals surface area contributed by atoms with Gasteiger partial charge in [-0.25, -0.2) is 4.98 Å². The molecule has 19 heavy (non-hydrogen) atoms. The average molecular weight is 254 g/mol. The second kappa shape index (κ2) is 6.41. The first-order valence-electron chi connectivity index (χ1n) is 6.05. The molecule has 2 aromatic rings. The molecule has 0 bridgehead atoms. The molecule has 96 valence electrons. The molecule has 0 amide bonds. The van der Waals surface area contributed by atoms with Crippen molar-refractivity contribution in [3.63, 3.8) is 0 Å². The summed E-state index contributed by atoms with van der Waals surface area (Å²) in [5.74, 6) is 1.09. The van der Waals surface area contributed by atoms with Crippen LogP contribution >= 0.6 is 0 Å². The number of nitrogens with zero attached hydrogens (tertiary/aromatic N) is 2. The topological polar surface area (TPSA) is 55.1 Å². The molecule has 0 aliphatic rings. The standard InChI is InChI=1S/C15H14N2O2/c1-2-12-6-5-7-14(19-11-16)13(12)10-18-15-8-3-4-9-17-15/h3-9H,2,10H2,1H3. The van der Waals surface area contributed by atoms with E-state index in [-0.39, 0.29) is 0 Å². The van der Waals surface area contributed by atoms with Crippen molar-refractivity contribution in [1.82, 2.24) is 4.98 Å². The van der Waals surface area contributed by atoms with Crippen molar-refractivity contribution >= 4 is 0 Å². The van der Waals surface area contributed by atoms with Crippen LogP contribution in [-0.2, 0) is 13.0 Å². The average Bonchev–Trinajstić information content (AvgIpc) is 2.47. The summed E-state index contributed by atoms with van der Waals surface area (Å²) in [6, 6.07) is 11.1.